The molecule has 1 unspecified atom stereocenters. The topological polar surface area (TPSA) is 18.5 Å². The van der Waals surface area contributed by atoms with Gasteiger partial charge in [-0.05, 0) is 81.0 Å². The molecular weight excluding hydrogens is 428 g/mol. The van der Waals surface area contributed by atoms with Crippen molar-refractivity contribution in [1.29, 1.82) is 0 Å². The molecule has 2 aromatic carbocycles. The monoisotopic (exact) mass is 457 g/mol. The van der Waals surface area contributed by atoms with Gasteiger partial charge in [0.1, 0.15) is 5.66 Å². The van der Waals surface area contributed by atoms with Crippen molar-refractivity contribution in [2.45, 2.75) is 50.1 Å². The van der Waals surface area contributed by atoms with Gasteiger partial charge in [-0.3, -0.25) is 4.90 Å². The summed E-state index contributed by atoms with van der Waals surface area (Å²) in [6, 6.07) is 11.1. The van der Waals surface area contributed by atoms with Gasteiger partial charge in [0, 0.05) is 23.7 Å². The molecule has 170 valence electrons. The Bertz CT molecular complexity index is 1030. The largest absolute Gasteiger partial charge is 0.360 e. The fourth-order valence-electron chi connectivity index (χ4n) is 5.88. The summed E-state index contributed by atoms with van der Waals surface area (Å²) in [6.45, 7) is 9.32. The van der Waals surface area contributed by atoms with E-state index >= 15 is 0 Å². The maximum Gasteiger partial charge on any atom is 0.291 e. The quantitative estimate of drug-likeness (QED) is 0.524. The minimum atomic E-state index is -2.99. The normalized spacial score (nSPS) is 23.7. The highest BCUT2D eigenvalue weighted by Gasteiger charge is 2.44. The summed E-state index contributed by atoms with van der Waals surface area (Å²) in [5.74, 6) is -2.84. The van der Waals surface area contributed by atoms with Gasteiger partial charge in [-0.1, -0.05) is 42.4 Å². The van der Waals surface area contributed by atoms with Gasteiger partial charge in [-0.25, -0.2) is 0 Å². The van der Waals surface area contributed by atoms with Gasteiger partial charge < -0.3 is 10.2 Å². The molecule has 0 saturated carbocycles. The van der Waals surface area contributed by atoms with E-state index in [1.807, 2.05) is 18.2 Å². The molecule has 0 bridgehead atoms. The fraction of sp³-hybridized carbons (Fsp3) is 0.462. The first-order valence-electron chi connectivity index (χ1n) is 11.5. The van der Waals surface area contributed by atoms with E-state index < -0.39 is 5.92 Å². The summed E-state index contributed by atoms with van der Waals surface area (Å²) >= 11 is 6.37. The zero-order chi connectivity index (χ0) is 22.5. The molecular formula is C26H30ClF2N3. The Balaban J connectivity index is 1.30. The maximum absolute atomic E-state index is 14.4. The predicted molar refractivity (Wildman–Crippen MR) is 128 cm³/mol. The Morgan fingerprint density at radius 2 is 1.97 bits per heavy atom. The van der Waals surface area contributed by atoms with Crippen molar-refractivity contribution in [2.24, 2.45) is 0 Å². The molecule has 1 saturated heterocycles. The van der Waals surface area contributed by atoms with Crippen LogP contribution in [0.15, 0.2) is 49.1 Å². The lowest BCUT2D eigenvalue weighted by molar-refractivity contribution is 0.0505. The Hall–Kier alpha value is -2.11. The summed E-state index contributed by atoms with van der Waals surface area (Å²) in [5.41, 5.74) is 4.44. The third kappa shape index (κ3) is 3.69. The van der Waals surface area contributed by atoms with E-state index in [1.54, 1.807) is 12.1 Å². The van der Waals surface area contributed by atoms with E-state index in [4.69, 9.17) is 11.6 Å². The van der Waals surface area contributed by atoms with Gasteiger partial charge in [0.05, 0.1) is 11.4 Å². The second kappa shape index (κ2) is 8.03. The van der Waals surface area contributed by atoms with Crippen LogP contribution in [0.5, 0.6) is 0 Å². The number of nitrogens with zero attached hydrogens (tertiary/aromatic N) is 2. The smallest absolute Gasteiger partial charge is 0.291 e. The van der Waals surface area contributed by atoms with E-state index in [1.165, 1.54) is 11.3 Å². The molecule has 6 heteroatoms. The molecule has 0 aromatic heterocycles. The molecule has 3 nitrogen and oxygen atoms in total. The molecule has 0 spiro atoms. The molecule has 0 aliphatic carbocycles. The zero-order valence-corrected chi connectivity index (χ0v) is 19.3. The van der Waals surface area contributed by atoms with Crippen LogP contribution >= 0.6 is 11.6 Å². The summed E-state index contributed by atoms with van der Waals surface area (Å²) < 4.78 is 28.8. The summed E-state index contributed by atoms with van der Waals surface area (Å²) in [5, 5.41) is 4.54. The van der Waals surface area contributed by atoms with Gasteiger partial charge in [0.15, 0.2) is 0 Å². The average Bonchev–Trinajstić information content (AvgIpc) is 3.06. The van der Waals surface area contributed by atoms with Crippen LogP contribution < -0.4 is 10.2 Å². The van der Waals surface area contributed by atoms with Crippen molar-refractivity contribution in [1.82, 2.24) is 4.90 Å². The number of aryl methyl sites for hydroxylation is 1. The molecule has 0 radical (unpaired) electrons. The van der Waals surface area contributed by atoms with Gasteiger partial charge in [0.25, 0.3) is 5.92 Å². The number of halogens is 3. The maximum atomic E-state index is 14.4. The molecule has 3 heterocycles. The second-order valence-electron chi connectivity index (χ2n) is 9.58. The molecule has 1 fully saturated rings. The van der Waals surface area contributed by atoms with Gasteiger partial charge in [-0.2, -0.15) is 8.78 Å². The lowest BCUT2D eigenvalue weighted by Gasteiger charge is -2.44. The number of hydrogen-bond donors (Lipinski definition) is 1. The van der Waals surface area contributed by atoms with Crippen LogP contribution in [0.25, 0.3) is 0 Å². The lowest BCUT2D eigenvalue weighted by Crippen LogP contribution is -2.57. The highest BCUT2D eigenvalue weighted by molar-refractivity contribution is 6.31. The van der Waals surface area contributed by atoms with Crippen molar-refractivity contribution in [2.75, 3.05) is 36.4 Å². The minimum absolute atomic E-state index is 0.103. The Labute approximate surface area is 194 Å². The van der Waals surface area contributed by atoms with E-state index in [0.717, 1.165) is 74.2 Å². The van der Waals surface area contributed by atoms with Crippen molar-refractivity contribution < 1.29 is 8.78 Å². The first-order valence-corrected chi connectivity index (χ1v) is 11.9. The third-order valence-electron chi connectivity index (χ3n) is 7.39. The van der Waals surface area contributed by atoms with Crippen molar-refractivity contribution in [3.8, 4) is 0 Å². The third-order valence-corrected chi connectivity index (χ3v) is 7.60. The number of benzene rings is 2. The standard InChI is InChI=1S/C26H30ClF2N3/c1-3-26(28,29)22-9-5-4-8-21(22)18-10-13-31(14-11-18)17-25(2)30-23-16-20(27)15-19-7-6-12-32(25)24(19)23/h3-5,8-9,15-16,18,30H,1,6-7,10-14,17H2,2H3. The number of piperidine rings is 1. The highest BCUT2D eigenvalue weighted by atomic mass is 35.5. The Morgan fingerprint density at radius 3 is 2.72 bits per heavy atom. The Kier molecular flexibility index (Phi) is 5.45. The predicted octanol–water partition coefficient (Wildman–Crippen LogP) is 6.39. The fourth-order valence-corrected chi connectivity index (χ4v) is 6.12. The van der Waals surface area contributed by atoms with E-state index in [-0.39, 0.29) is 17.1 Å². The first-order chi connectivity index (χ1) is 15.3. The van der Waals surface area contributed by atoms with E-state index in [2.05, 4.69) is 34.7 Å². The number of anilines is 2. The van der Waals surface area contributed by atoms with Crippen LogP contribution in [0.3, 0.4) is 0 Å². The van der Waals surface area contributed by atoms with Crippen LogP contribution in [0.1, 0.15) is 48.8 Å². The number of nitrogens with one attached hydrogen (secondary N) is 1. The zero-order valence-electron chi connectivity index (χ0n) is 18.5. The van der Waals surface area contributed by atoms with Crippen LogP contribution in [0, 0.1) is 0 Å². The highest BCUT2D eigenvalue weighted by Crippen LogP contribution is 2.47. The summed E-state index contributed by atoms with van der Waals surface area (Å²) in [6.07, 6.45) is 4.71. The molecule has 32 heavy (non-hydrogen) atoms. The first kappa shape index (κ1) is 21.7. The van der Waals surface area contributed by atoms with Gasteiger partial charge >= 0.3 is 0 Å². The lowest BCUT2D eigenvalue weighted by atomic mass is 9.84. The van der Waals surface area contributed by atoms with Crippen LogP contribution in [0.4, 0.5) is 20.2 Å². The number of allylic oxidation sites excluding steroid dienone is 1. The van der Waals surface area contributed by atoms with Gasteiger partial charge in [0.2, 0.25) is 0 Å². The Morgan fingerprint density at radius 1 is 1.22 bits per heavy atom. The molecule has 1 atom stereocenters. The van der Waals surface area contributed by atoms with Crippen molar-refractivity contribution >= 4 is 23.0 Å². The van der Waals surface area contributed by atoms with E-state index in [0.29, 0.717) is 0 Å². The van der Waals surface area contributed by atoms with Gasteiger partial charge in [-0.15, -0.1) is 0 Å². The molecule has 1 N–H and O–H groups in total. The molecule has 3 aliphatic heterocycles. The van der Waals surface area contributed by atoms with Crippen molar-refractivity contribution in [3.05, 3.63) is 70.8 Å². The molecule has 0 amide bonds. The number of likely N-dealkylation sites (tertiary alicyclic amines) is 1. The number of hydrogen-bond acceptors (Lipinski definition) is 3. The summed E-state index contributed by atoms with van der Waals surface area (Å²) in [7, 11) is 0. The SMILES string of the molecule is C=CC(F)(F)c1ccccc1C1CCN(CC2(C)Nc3cc(Cl)cc4c3N2CCC4)CC1. The molecule has 5 rings (SSSR count). The van der Waals surface area contributed by atoms with Crippen molar-refractivity contribution in [3.63, 3.8) is 0 Å². The van der Waals surface area contributed by atoms with Crippen LogP contribution in [-0.2, 0) is 12.3 Å². The summed E-state index contributed by atoms with van der Waals surface area (Å²) in [4.78, 5) is 4.98. The van der Waals surface area contributed by atoms with Crippen LogP contribution in [-0.4, -0.2) is 36.7 Å². The second-order valence-corrected chi connectivity index (χ2v) is 10.0. The number of alkyl halides is 2. The van der Waals surface area contributed by atoms with E-state index in [9.17, 15) is 8.78 Å². The van der Waals surface area contributed by atoms with Crippen LogP contribution in [0.2, 0.25) is 5.02 Å². The molecule has 2 aromatic rings. The molecule has 3 aliphatic rings. The minimum Gasteiger partial charge on any atom is -0.360 e. The average molecular weight is 458 g/mol. The number of rotatable bonds is 5.